The molecule has 0 N–H and O–H groups in total. The number of anilines is 2. The minimum Gasteiger partial charge on any atom is -0.484 e. The van der Waals surface area contributed by atoms with Gasteiger partial charge in [-0.25, -0.2) is 0 Å². The van der Waals surface area contributed by atoms with Crippen molar-refractivity contribution >= 4 is 29.0 Å². The monoisotopic (exact) mass is 445 g/mol. The van der Waals surface area contributed by atoms with E-state index in [-0.39, 0.29) is 18.3 Å². The molecule has 1 heterocycles. The highest BCUT2D eigenvalue weighted by Gasteiger charge is 2.19. The fourth-order valence-electron chi connectivity index (χ4n) is 3.10. The molecule has 0 saturated carbocycles. The van der Waals surface area contributed by atoms with Crippen LogP contribution in [0.15, 0.2) is 94.6 Å². The molecule has 0 fully saturated rings. The Kier molecular flexibility index (Phi) is 7.19. The third kappa shape index (κ3) is 5.56. The van der Waals surface area contributed by atoms with Gasteiger partial charge in [0.2, 0.25) is 5.91 Å². The van der Waals surface area contributed by atoms with Crippen molar-refractivity contribution in [2.45, 2.75) is 25.2 Å². The van der Waals surface area contributed by atoms with Gasteiger partial charge in [0.05, 0.1) is 5.75 Å². The minimum absolute atomic E-state index is 0.0839. The van der Waals surface area contributed by atoms with Crippen LogP contribution in [0.25, 0.3) is 0 Å². The predicted octanol–water partition coefficient (Wildman–Crippen LogP) is 5.67. The molecule has 32 heavy (non-hydrogen) atoms. The number of aryl methyl sites for hydroxylation is 1. The van der Waals surface area contributed by atoms with Crippen LogP contribution in [-0.4, -0.2) is 21.9 Å². The smallest absolute Gasteiger partial charge is 0.277 e. The number of ether oxygens (including phenoxy) is 1. The Labute approximate surface area is 191 Å². The average molecular weight is 446 g/mol. The van der Waals surface area contributed by atoms with Crippen LogP contribution in [0.4, 0.5) is 11.4 Å². The maximum Gasteiger partial charge on any atom is 0.277 e. The Morgan fingerprint density at radius 1 is 0.906 bits per heavy atom. The van der Waals surface area contributed by atoms with Gasteiger partial charge in [0.15, 0.2) is 6.61 Å². The molecule has 0 saturated heterocycles. The third-order valence-electron chi connectivity index (χ3n) is 4.74. The molecule has 4 aromatic rings. The lowest BCUT2D eigenvalue weighted by Gasteiger charge is -2.22. The van der Waals surface area contributed by atoms with Crippen molar-refractivity contribution in [2.75, 3.05) is 10.7 Å². The van der Waals surface area contributed by atoms with Gasteiger partial charge in [-0.2, -0.15) is 0 Å². The first-order valence-electron chi connectivity index (χ1n) is 10.3. The number of benzene rings is 3. The number of thioether (sulfide) groups is 1. The molecule has 0 aliphatic carbocycles. The van der Waals surface area contributed by atoms with Crippen LogP contribution in [0.2, 0.25) is 0 Å². The van der Waals surface area contributed by atoms with Crippen molar-refractivity contribution in [1.29, 1.82) is 0 Å². The van der Waals surface area contributed by atoms with Crippen LogP contribution in [0.5, 0.6) is 5.75 Å². The molecule has 4 rings (SSSR count). The molecule has 0 aliphatic heterocycles. The number of amides is 1. The molecule has 3 aromatic carbocycles. The van der Waals surface area contributed by atoms with Crippen molar-refractivity contribution in [3.63, 3.8) is 0 Å². The standard InChI is InChI=1S/C25H23N3O3S/c1-2-19-13-15-22(16-14-19)30-17-23-26-27-25(31-23)32-18-24(29)28(20-9-5-3-6-10-20)21-11-7-4-8-12-21/h3-16H,2,17-18H2,1H3. The summed E-state index contributed by atoms with van der Waals surface area (Å²) in [6.07, 6.45) is 0.981. The van der Waals surface area contributed by atoms with E-state index < -0.39 is 0 Å². The maximum atomic E-state index is 13.1. The lowest BCUT2D eigenvalue weighted by Crippen LogP contribution is -2.27. The summed E-state index contributed by atoms with van der Waals surface area (Å²) < 4.78 is 11.3. The lowest BCUT2D eigenvalue weighted by molar-refractivity contribution is -0.115. The van der Waals surface area contributed by atoms with Gasteiger partial charge >= 0.3 is 0 Å². The zero-order valence-electron chi connectivity index (χ0n) is 17.7. The normalized spacial score (nSPS) is 10.7. The van der Waals surface area contributed by atoms with E-state index in [1.165, 1.54) is 17.3 Å². The van der Waals surface area contributed by atoms with E-state index >= 15 is 0 Å². The van der Waals surface area contributed by atoms with Gasteiger partial charge < -0.3 is 9.15 Å². The Morgan fingerprint density at radius 3 is 2.12 bits per heavy atom. The summed E-state index contributed by atoms with van der Waals surface area (Å²) in [4.78, 5) is 14.8. The SMILES string of the molecule is CCc1ccc(OCc2nnc(SCC(=O)N(c3ccccc3)c3ccccc3)o2)cc1. The van der Waals surface area contributed by atoms with Crippen molar-refractivity contribution < 1.29 is 13.9 Å². The summed E-state index contributed by atoms with van der Waals surface area (Å²) >= 11 is 1.21. The maximum absolute atomic E-state index is 13.1. The molecule has 0 atom stereocenters. The molecule has 0 aliphatic rings. The molecular weight excluding hydrogens is 422 g/mol. The van der Waals surface area contributed by atoms with Crippen molar-refractivity contribution in [1.82, 2.24) is 10.2 Å². The number of aromatic nitrogens is 2. The van der Waals surface area contributed by atoms with E-state index in [9.17, 15) is 4.79 Å². The molecule has 0 bridgehead atoms. The van der Waals surface area contributed by atoms with Crippen molar-refractivity contribution in [2.24, 2.45) is 0 Å². The second-order valence-corrected chi connectivity index (χ2v) is 7.86. The van der Waals surface area contributed by atoms with Gasteiger partial charge in [0.25, 0.3) is 11.1 Å². The number of nitrogens with zero attached hydrogens (tertiary/aromatic N) is 3. The second kappa shape index (κ2) is 10.6. The molecule has 6 nitrogen and oxygen atoms in total. The van der Waals surface area contributed by atoms with E-state index in [2.05, 4.69) is 17.1 Å². The predicted molar refractivity (Wildman–Crippen MR) is 125 cm³/mol. The summed E-state index contributed by atoms with van der Waals surface area (Å²) in [5.41, 5.74) is 2.86. The van der Waals surface area contributed by atoms with Crippen LogP contribution in [0.1, 0.15) is 18.4 Å². The third-order valence-corrected chi connectivity index (χ3v) is 5.54. The number of para-hydroxylation sites is 2. The van der Waals surface area contributed by atoms with Crippen LogP contribution >= 0.6 is 11.8 Å². The summed E-state index contributed by atoms with van der Waals surface area (Å²) in [5.74, 6) is 1.18. The topological polar surface area (TPSA) is 68.5 Å². The van der Waals surface area contributed by atoms with E-state index in [1.807, 2.05) is 84.9 Å². The zero-order chi connectivity index (χ0) is 22.2. The Bertz CT molecular complexity index is 1090. The molecule has 1 amide bonds. The minimum atomic E-state index is -0.0839. The van der Waals surface area contributed by atoms with Gasteiger partial charge in [0.1, 0.15) is 5.75 Å². The summed E-state index contributed by atoms with van der Waals surface area (Å²) in [6, 6.07) is 27.0. The molecule has 0 spiro atoms. The molecular formula is C25H23N3O3S. The Morgan fingerprint density at radius 2 is 1.53 bits per heavy atom. The molecule has 7 heteroatoms. The lowest BCUT2D eigenvalue weighted by atomic mass is 10.2. The van der Waals surface area contributed by atoms with Crippen LogP contribution in [-0.2, 0) is 17.8 Å². The first-order chi connectivity index (χ1) is 15.7. The highest BCUT2D eigenvalue weighted by atomic mass is 32.2. The van der Waals surface area contributed by atoms with Gasteiger partial charge in [-0.3, -0.25) is 9.69 Å². The largest absolute Gasteiger partial charge is 0.484 e. The van der Waals surface area contributed by atoms with Crippen LogP contribution < -0.4 is 9.64 Å². The van der Waals surface area contributed by atoms with Gasteiger partial charge in [-0.15, -0.1) is 10.2 Å². The van der Waals surface area contributed by atoms with Crippen LogP contribution in [0, 0.1) is 0 Å². The number of hydrogen-bond donors (Lipinski definition) is 0. The first-order valence-corrected chi connectivity index (χ1v) is 11.3. The van der Waals surface area contributed by atoms with Gasteiger partial charge in [-0.1, -0.05) is 67.2 Å². The fraction of sp³-hybridized carbons (Fsp3) is 0.160. The molecule has 1 aromatic heterocycles. The number of hydrogen-bond acceptors (Lipinski definition) is 6. The quantitative estimate of drug-likeness (QED) is 0.309. The van der Waals surface area contributed by atoms with Crippen molar-refractivity contribution in [3.8, 4) is 5.75 Å². The zero-order valence-corrected chi connectivity index (χ0v) is 18.5. The fourth-order valence-corrected chi connectivity index (χ4v) is 3.73. The Hall–Kier alpha value is -3.58. The number of carbonyl (C=O) groups excluding carboxylic acids is 1. The number of carbonyl (C=O) groups is 1. The molecule has 0 unspecified atom stereocenters. The first kappa shape index (κ1) is 21.6. The van der Waals surface area contributed by atoms with E-state index in [0.29, 0.717) is 11.1 Å². The highest BCUT2D eigenvalue weighted by molar-refractivity contribution is 7.99. The van der Waals surface area contributed by atoms with Gasteiger partial charge in [0, 0.05) is 11.4 Å². The van der Waals surface area contributed by atoms with Crippen molar-refractivity contribution in [3.05, 3.63) is 96.4 Å². The summed E-state index contributed by atoms with van der Waals surface area (Å²) in [7, 11) is 0. The number of rotatable bonds is 9. The molecule has 0 radical (unpaired) electrons. The van der Waals surface area contributed by atoms with E-state index in [4.69, 9.17) is 9.15 Å². The average Bonchev–Trinajstić information content (AvgIpc) is 3.31. The highest BCUT2D eigenvalue weighted by Crippen LogP contribution is 2.27. The molecule has 162 valence electrons. The second-order valence-electron chi connectivity index (χ2n) is 6.94. The summed E-state index contributed by atoms with van der Waals surface area (Å²) in [5, 5.41) is 8.38. The van der Waals surface area contributed by atoms with E-state index in [0.717, 1.165) is 23.5 Å². The van der Waals surface area contributed by atoms with Crippen LogP contribution in [0.3, 0.4) is 0 Å². The Balaban J connectivity index is 1.37. The van der Waals surface area contributed by atoms with E-state index in [1.54, 1.807) is 4.90 Å². The summed E-state index contributed by atoms with van der Waals surface area (Å²) in [6.45, 7) is 2.28. The van der Waals surface area contributed by atoms with Gasteiger partial charge in [-0.05, 0) is 48.4 Å².